The van der Waals surface area contributed by atoms with Crippen molar-refractivity contribution in [3.05, 3.63) is 64.4 Å². The van der Waals surface area contributed by atoms with Gasteiger partial charge in [0.15, 0.2) is 5.82 Å². The first kappa shape index (κ1) is 27.8. The van der Waals surface area contributed by atoms with E-state index in [4.69, 9.17) is 9.47 Å². The molecule has 0 saturated carbocycles. The van der Waals surface area contributed by atoms with Crippen molar-refractivity contribution < 1.29 is 27.8 Å². The topological polar surface area (TPSA) is 96.9 Å². The van der Waals surface area contributed by atoms with Gasteiger partial charge in [-0.05, 0) is 73.5 Å². The Hall–Kier alpha value is -3.80. The van der Waals surface area contributed by atoms with E-state index in [1.165, 1.54) is 43.6 Å². The molecule has 2 amide bonds. The van der Waals surface area contributed by atoms with Crippen molar-refractivity contribution in [2.75, 3.05) is 30.4 Å². The number of methoxy groups -OCH3 is 1. The SMILES string of the molecule is COc1cccc(F)c1-c1nccc(C(=O)Nc2cc(F)cc(Br)c2N2C[C@H]3C[C@@H]2CN3C(=O)OC(C)(C)C)n1. The molecule has 1 N–H and O–H groups in total. The predicted molar refractivity (Wildman–Crippen MR) is 149 cm³/mol. The molecule has 2 atom stereocenters. The van der Waals surface area contributed by atoms with Crippen LogP contribution in [0.4, 0.5) is 25.0 Å². The van der Waals surface area contributed by atoms with Crippen LogP contribution in [-0.2, 0) is 4.74 Å². The van der Waals surface area contributed by atoms with E-state index in [9.17, 15) is 18.4 Å². The Morgan fingerprint density at radius 2 is 1.90 bits per heavy atom. The Balaban J connectivity index is 1.40. The number of anilines is 2. The van der Waals surface area contributed by atoms with Gasteiger partial charge in [-0.2, -0.15) is 0 Å². The number of likely N-dealkylation sites (tertiary alicyclic amines) is 1. The third-order valence-electron chi connectivity index (χ3n) is 6.74. The van der Waals surface area contributed by atoms with Crippen LogP contribution in [0.2, 0.25) is 0 Å². The van der Waals surface area contributed by atoms with Crippen LogP contribution in [0.3, 0.4) is 0 Å². The summed E-state index contributed by atoms with van der Waals surface area (Å²) in [6, 6.07) is 8.13. The Morgan fingerprint density at radius 3 is 2.58 bits per heavy atom. The van der Waals surface area contributed by atoms with Crippen LogP contribution < -0.4 is 15.0 Å². The Labute approximate surface area is 238 Å². The predicted octanol–water partition coefficient (Wildman–Crippen LogP) is 5.64. The molecule has 210 valence electrons. The minimum atomic E-state index is -0.627. The molecular formula is C28H28BrF2N5O4. The van der Waals surface area contributed by atoms with E-state index >= 15 is 0 Å². The Bertz CT molecular complexity index is 1480. The summed E-state index contributed by atoms with van der Waals surface area (Å²) in [5, 5.41) is 2.76. The summed E-state index contributed by atoms with van der Waals surface area (Å²) in [6.07, 6.45) is 1.70. The van der Waals surface area contributed by atoms with E-state index in [1.807, 2.05) is 20.8 Å². The number of ether oxygens (including phenoxy) is 2. The van der Waals surface area contributed by atoms with Crippen molar-refractivity contribution >= 4 is 39.3 Å². The highest BCUT2D eigenvalue weighted by atomic mass is 79.9. The second-order valence-electron chi connectivity index (χ2n) is 10.6. The fourth-order valence-electron chi connectivity index (χ4n) is 5.12. The Kier molecular flexibility index (Phi) is 7.38. The average Bonchev–Trinajstić information content (AvgIpc) is 3.48. The molecule has 9 nitrogen and oxygen atoms in total. The number of fused-ring (bicyclic) bond motifs is 2. The monoisotopic (exact) mass is 615 g/mol. The molecule has 3 heterocycles. The summed E-state index contributed by atoms with van der Waals surface area (Å²) in [6.45, 7) is 6.40. The van der Waals surface area contributed by atoms with Crippen molar-refractivity contribution in [3.8, 4) is 17.1 Å². The zero-order valence-corrected chi connectivity index (χ0v) is 24.0. The first-order valence-electron chi connectivity index (χ1n) is 12.7. The number of hydrogen-bond donors (Lipinski definition) is 1. The van der Waals surface area contributed by atoms with Gasteiger partial charge in [0.25, 0.3) is 5.91 Å². The number of carbonyl (C=O) groups is 2. The third kappa shape index (κ3) is 5.45. The highest BCUT2D eigenvalue weighted by Gasteiger charge is 2.47. The van der Waals surface area contributed by atoms with Crippen molar-refractivity contribution in [2.24, 2.45) is 0 Å². The summed E-state index contributed by atoms with van der Waals surface area (Å²) < 4.78 is 40.4. The molecule has 2 bridgehead atoms. The number of piperazine rings is 1. The summed E-state index contributed by atoms with van der Waals surface area (Å²) in [5.41, 5.74) is 0.207. The molecule has 0 radical (unpaired) electrons. The number of aromatic nitrogens is 2. The summed E-state index contributed by atoms with van der Waals surface area (Å²) >= 11 is 3.46. The fourth-order valence-corrected chi connectivity index (χ4v) is 5.78. The molecule has 3 aromatic rings. The van der Waals surface area contributed by atoms with Crippen molar-refractivity contribution in [1.29, 1.82) is 0 Å². The van der Waals surface area contributed by atoms with Crippen LogP contribution in [0, 0.1) is 11.6 Å². The molecule has 12 heteroatoms. The molecule has 2 aliphatic heterocycles. The van der Waals surface area contributed by atoms with Crippen LogP contribution in [0.1, 0.15) is 37.7 Å². The lowest BCUT2D eigenvalue weighted by Gasteiger charge is -2.37. The van der Waals surface area contributed by atoms with E-state index in [2.05, 4.69) is 36.1 Å². The summed E-state index contributed by atoms with van der Waals surface area (Å²) in [7, 11) is 1.40. The minimum Gasteiger partial charge on any atom is -0.496 e. The van der Waals surface area contributed by atoms with Crippen molar-refractivity contribution in [3.63, 3.8) is 0 Å². The van der Waals surface area contributed by atoms with E-state index in [-0.39, 0.29) is 46.7 Å². The quantitative estimate of drug-likeness (QED) is 0.396. The number of amides is 2. The third-order valence-corrected chi connectivity index (χ3v) is 7.34. The number of hydrogen-bond acceptors (Lipinski definition) is 7. The van der Waals surface area contributed by atoms with Gasteiger partial charge in [-0.25, -0.2) is 23.5 Å². The summed E-state index contributed by atoms with van der Waals surface area (Å²) in [5.74, 6) is -1.58. The number of nitrogens with one attached hydrogen (secondary N) is 1. The van der Waals surface area contributed by atoms with Gasteiger partial charge in [-0.3, -0.25) is 4.79 Å². The zero-order valence-electron chi connectivity index (χ0n) is 22.4. The molecule has 1 aromatic heterocycles. The molecule has 40 heavy (non-hydrogen) atoms. The second kappa shape index (κ2) is 10.6. The lowest BCUT2D eigenvalue weighted by atomic mass is 10.1. The normalized spacial score (nSPS) is 18.2. The van der Waals surface area contributed by atoms with Gasteiger partial charge in [0.05, 0.1) is 30.1 Å². The molecule has 0 unspecified atom stereocenters. The lowest BCUT2D eigenvalue weighted by Crippen LogP contribution is -2.50. The molecule has 5 rings (SSSR count). The largest absolute Gasteiger partial charge is 0.496 e. The van der Waals surface area contributed by atoms with Gasteiger partial charge in [-0.1, -0.05) is 6.07 Å². The van der Waals surface area contributed by atoms with Gasteiger partial charge < -0.3 is 24.6 Å². The molecule has 2 fully saturated rings. The molecular weight excluding hydrogens is 588 g/mol. The van der Waals surface area contributed by atoms with Crippen LogP contribution in [0.5, 0.6) is 5.75 Å². The average molecular weight is 616 g/mol. The number of benzene rings is 2. The first-order valence-corrected chi connectivity index (χ1v) is 13.5. The second-order valence-corrected chi connectivity index (χ2v) is 11.5. The maximum Gasteiger partial charge on any atom is 0.410 e. The van der Waals surface area contributed by atoms with Crippen molar-refractivity contribution in [2.45, 2.75) is 44.9 Å². The van der Waals surface area contributed by atoms with E-state index < -0.39 is 23.1 Å². The van der Waals surface area contributed by atoms with E-state index in [1.54, 1.807) is 11.0 Å². The number of rotatable bonds is 5. The van der Waals surface area contributed by atoms with Gasteiger partial charge >= 0.3 is 6.09 Å². The van der Waals surface area contributed by atoms with Crippen LogP contribution in [0.15, 0.2) is 47.1 Å². The number of nitrogens with zero attached hydrogens (tertiary/aromatic N) is 4. The zero-order chi connectivity index (χ0) is 28.8. The van der Waals surface area contributed by atoms with E-state index in [0.717, 1.165) is 6.42 Å². The lowest BCUT2D eigenvalue weighted by molar-refractivity contribution is 0.0214. The summed E-state index contributed by atoms with van der Waals surface area (Å²) in [4.78, 5) is 38.2. The first-order chi connectivity index (χ1) is 18.9. The molecule has 2 aromatic carbocycles. The standard InChI is InChI=1S/C28H28BrF2N5O4/c1-28(2,3)40-27(38)36-14-16-12-17(36)13-35(16)24-18(29)10-15(30)11-21(24)34-26(37)20-8-9-32-25(33-20)23-19(31)6-5-7-22(23)39-4/h5-11,16-17H,12-14H2,1-4H3,(H,34,37)/t16-,17-/m1/s1. The van der Waals surface area contributed by atoms with Crippen LogP contribution in [0.25, 0.3) is 11.4 Å². The van der Waals surface area contributed by atoms with Gasteiger partial charge in [0.1, 0.15) is 28.7 Å². The molecule has 2 aliphatic rings. The van der Waals surface area contributed by atoms with Crippen molar-refractivity contribution in [1.82, 2.24) is 14.9 Å². The smallest absolute Gasteiger partial charge is 0.410 e. The van der Waals surface area contributed by atoms with E-state index in [0.29, 0.717) is 23.2 Å². The highest BCUT2D eigenvalue weighted by molar-refractivity contribution is 9.10. The van der Waals surface area contributed by atoms with Crippen LogP contribution in [-0.4, -0.2) is 64.8 Å². The van der Waals surface area contributed by atoms with Gasteiger partial charge in [-0.15, -0.1) is 0 Å². The Morgan fingerprint density at radius 1 is 1.12 bits per heavy atom. The van der Waals surface area contributed by atoms with Gasteiger partial charge in [0.2, 0.25) is 0 Å². The highest BCUT2D eigenvalue weighted by Crippen LogP contribution is 2.43. The van der Waals surface area contributed by atoms with Gasteiger partial charge in [0, 0.05) is 29.8 Å². The minimum absolute atomic E-state index is 0.0245. The maximum absolute atomic E-state index is 14.6. The van der Waals surface area contributed by atoms with Crippen LogP contribution >= 0.6 is 15.9 Å². The number of carbonyl (C=O) groups excluding carboxylic acids is 2. The molecule has 0 spiro atoms. The molecule has 0 aliphatic carbocycles. The number of halogens is 3. The molecule has 2 saturated heterocycles. The fraction of sp³-hybridized carbons (Fsp3) is 0.357. The maximum atomic E-state index is 14.6.